The van der Waals surface area contributed by atoms with Gasteiger partial charge in [-0.25, -0.2) is 9.78 Å². The maximum atomic E-state index is 11.2. The average Bonchev–Trinajstić information content (AvgIpc) is 2.61. The molecule has 1 rings (SSSR count). The van der Waals surface area contributed by atoms with Crippen LogP contribution in [0.4, 0.5) is 0 Å². The van der Waals surface area contributed by atoms with Gasteiger partial charge >= 0.3 is 5.97 Å². The van der Waals surface area contributed by atoms with Crippen LogP contribution in [0.3, 0.4) is 0 Å². The van der Waals surface area contributed by atoms with Gasteiger partial charge in [-0.15, -0.1) is 11.3 Å². The summed E-state index contributed by atoms with van der Waals surface area (Å²) in [4.78, 5) is 16.0. The summed E-state index contributed by atoms with van der Waals surface area (Å²) in [5, 5.41) is 1.00. The van der Waals surface area contributed by atoms with Crippen LogP contribution in [-0.2, 0) is 11.2 Å². The van der Waals surface area contributed by atoms with E-state index in [-0.39, 0.29) is 5.97 Å². The summed E-state index contributed by atoms with van der Waals surface area (Å²) in [6.07, 6.45) is 3.58. The molecule has 84 valence electrons. The fraction of sp³-hybridized carbons (Fsp3) is 0.636. The SMILES string of the molecule is COC(=O)c1cnc(CCC(C)(C)C)s1. The van der Waals surface area contributed by atoms with Gasteiger partial charge in [-0.3, -0.25) is 0 Å². The molecule has 0 aliphatic carbocycles. The largest absolute Gasteiger partial charge is 0.465 e. The second-order valence-corrected chi connectivity index (χ2v) is 5.79. The van der Waals surface area contributed by atoms with Crippen molar-refractivity contribution in [1.82, 2.24) is 4.98 Å². The lowest BCUT2D eigenvalue weighted by Gasteiger charge is -2.16. The molecule has 1 aromatic heterocycles. The number of hydrogen-bond donors (Lipinski definition) is 0. The fourth-order valence-corrected chi connectivity index (χ4v) is 1.94. The van der Waals surface area contributed by atoms with Gasteiger partial charge in [0.2, 0.25) is 0 Å². The van der Waals surface area contributed by atoms with E-state index in [2.05, 4.69) is 30.5 Å². The topological polar surface area (TPSA) is 39.2 Å². The lowest BCUT2D eigenvalue weighted by Crippen LogP contribution is -2.05. The van der Waals surface area contributed by atoms with Crippen molar-refractivity contribution in [1.29, 1.82) is 0 Å². The van der Waals surface area contributed by atoms with E-state index < -0.39 is 0 Å². The minimum Gasteiger partial charge on any atom is -0.465 e. The second kappa shape index (κ2) is 4.75. The molecule has 0 unspecified atom stereocenters. The first-order valence-electron chi connectivity index (χ1n) is 4.95. The molecule has 0 aliphatic heterocycles. The number of methoxy groups -OCH3 is 1. The molecule has 0 atom stereocenters. The Morgan fingerprint density at radius 3 is 2.73 bits per heavy atom. The van der Waals surface area contributed by atoms with Crippen LogP contribution in [0.2, 0.25) is 0 Å². The van der Waals surface area contributed by atoms with Gasteiger partial charge in [-0.2, -0.15) is 0 Å². The summed E-state index contributed by atoms with van der Waals surface area (Å²) in [5.41, 5.74) is 0.303. The summed E-state index contributed by atoms with van der Waals surface area (Å²) in [6, 6.07) is 0. The molecule has 0 fully saturated rings. The smallest absolute Gasteiger partial charge is 0.349 e. The Balaban J connectivity index is 2.57. The molecule has 0 N–H and O–H groups in total. The molecule has 15 heavy (non-hydrogen) atoms. The van der Waals surface area contributed by atoms with Crippen LogP contribution in [-0.4, -0.2) is 18.1 Å². The van der Waals surface area contributed by atoms with Gasteiger partial charge in [-0.05, 0) is 18.3 Å². The standard InChI is InChI=1S/C11H17NO2S/c1-11(2,3)6-5-9-12-7-8(15-9)10(13)14-4/h7H,5-6H2,1-4H3. The van der Waals surface area contributed by atoms with E-state index >= 15 is 0 Å². The molecule has 0 aliphatic rings. The summed E-state index contributed by atoms with van der Waals surface area (Å²) >= 11 is 1.42. The quantitative estimate of drug-likeness (QED) is 0.745. The Kier molecular flexibility index (Phi) is 3.85. The molecule has 0 bridgehead atoms. The van der Waals surface area contributed by atoms with Gasteiger partial charge in [0.15, 0.2) is 0 Å². The van der Waals surface area contributed by atoms with E-state index in [4.69, 9.17) is 0 Å². The van der Waals surface area contributed by atoms with Crippen molar-refractivity contribution in [3.8, 4) is 0 Å². The normalized spacial score (nSPS) is 11.5. The number of ether oxygens (including phenoxy) is 1. The van der Waals surface area contributed by atoms with Gasteiger partial charge in [0.1, 0.15) is 4.88 Å². The van der Waals surface area contributed by atoms with E-state index in [0.29, 0.717) is 10.3 Å². The molecule has 4 heteroatoms. The number of rotatable bonds is 3. The minimum absolute atomic E-state index is 0.297. The highest BCUT2D eigenvalue weighted by atomic mass is 32.1. The third-order valence-corrected chi connectivity index (χ3v) is 3.07. The highest BCUT2D eigenvalue weighted by Crippen LogP contribution is 2.23. The molecule has 1 heterocycles. The van der Waals surface area contributed by atoms with Crippen molar-refractivity contribution in [2.24, 2.45) is 5.41 Å². The molecule has 0 saturated carbocycles. The molecule has 0 amide bonds. The van der Waals surface area contributed by atoms with E-state index in [9.17, 15) is 4.79 Å². The van der Waals surface area contributed by atoms with E-state index in [1.165, 1.54) is 18.4 Å². The third-order valence-electron chi connectivity index (χ3n) is 2.03. The van der Waals surface area contributed by atoms with Crippen molar-refractivity contribution >= 4 is 17.3 Å². The van der Waals surface area contributed by atoms with Crippen molar-refractivity contribution < 1.29 is 9.53 Å². The molecule has 0 aromatic carbocycles. The molecular formula is C11H17NO2S. The zero-order chi connectivity index (χ0) is 11.5. The fourth-order valence-electron chi connectivity index (χ4n) is 1.10. The zero-order valence-corrected chi connectivity index (χ0v) is 10.5. The van der Waals surface area contributed by atoms with E-state index in [1.807, 2.05) is 0 Å². The van der Waals surface area contributed by atoms with Gasteiger partial charge in [0.25, 0.3) is 0 Å². The number of nitrogens with zero attached hydrogens (tertiary/aromatic N) is 1. The first kappa shape index (κ1) is 12.2. The summed E-state index contributed by atoms with van der Waals surface area (Å²) in [6.45, 7) is 6.59. The number of aromatic nitrogens is 1. The number of carbonyl (C=O) groups excluding carboxylic acids is 1. The number of hydrogen-bond acceptors (Lipinski definition) is 4. The van der Waals surface area contributed by atoms with Gasteiger partial charge in [0.05, 0.1) is 18.3 Å². The van der Waals surface area contributed by atoms with Crippen LogP contribution in [0.15, 0.2) is 6.20 Å². The van der Waals surface area contributed by atoms with Crippen LogP contribution in [0.1, 0.15) is 41.9 Å². The van der Waals surface area contributed by atoms with E-state index in [1.54, 1.807) is 6.20 Å². The molecular weight excluding hydrogens is 210 g/mol. The first-order chi connectivity index (χ1) is 6.92. The van der Waals surface area contributed by atoms with E-state index in [0.717, 1.165) is 17.8 Å². The van der Waals surface area contributed by atoms with Crippen molar-refractivity contribution in [2.45, 2.75) is 33.6 Å². The number of thiazole rings is 1. The Hall–Kier alpha value is -0.900. The maximum Gasteiger partial charge on any atom is 0.349 e. The monoisotopic (exact) mass is 227 g/mol. The average molecular weight is 227 g/mol. The summed E-state index contributed by atoms with van der Waals surface area (Å²) < 4.78 is 4.63. The molecule has 1 aromatic rings. The van der Waals surface area contributed by atoms with Gasteiger partial charge in [-0.1, -0.05) is 20.8 Å². The molecule has 0 radical (unpaired) electrons. The van der Waals surface area contributed by atoms with Crippen molar-refractivity contribution in [3.63, 3.8) is 0 Å². The Bertz CT molecular complexity index is 339. The maximum absolute atomic E-state index is 11.2. The Morgan fingerprint density at radius 1 is 1.53 bits per heavy atom. The number of esters is 1. The predicted molar refractivity (Wildman–Crippen MR) is 61.2 cm³/mol. The molecule has 3 nitrogen and oxygen atoms in total. The van der Waals surface area contributed by atoms with Crippen LogP contribution < -0.4 is 0 Å². The molecule has 0 saturated heterocycles. The van der Waals surface area contributed by atoms with Crippen LogP contribution in [0, 0.1) is 5.41 Å². The molecule has 0 spiro atoms. The second-order valence-electron chi connectivity index (χ2n) is 4.67. The van der Waals surface area contributed by atoms with Crippen molar-refractivity contribution in [2.75, 3.05) is 7.11 Å². The zero-order valence-electron chi connectivity index (χ0n) is 9.66. The van der Waals surface area contributed by atoms with Gasteiger partial charge < -0.3 is 4.74 Å². The van der Waals surface area contributed by atoms with Crippen molar-refractivity contribution in [3.05, 3.63) is 16.1 Å². The summed E-state index contributed by atoms with van der Waals surface area (Å²) in [7, 11) is 1.39. The highest BCUT2D eigenvalue weighted by molar-refractivity contribution is 7.13. The summed E-state index contributed by atoms with van der Waals surface area (Å²) in [5.74, 6) is -0.297. The number of carbonyl (C=O) groups is 1. The third kappa shape index (κ3) is 4.00. The predicted octanol–water partition coefficient (Wildman–Crippen LogP) is 2.91. The highest BCUT2D eigenvalue weighted by Gasteiger charge is 2.14. The van der Waals surface area contributed by atoms with Crippen LogP contribution >= 0.6 is 11.3 Å². The van der Waals surface area contributed by atoms with Crippen LogP contribution in [0.5, 0.6) is 0 Å². The van der Waals surface area contributed by atoms with Crippen LogP contribution in [0.25, 0.3) is 0 Å². The Labute approximate surface area is 94.5 Å². The number of aryl methyl sites for hydroxylation is 1. The lowest BCUT2D eigenvalue weighted by molar-refractivity contribution is 0.0606. The lowest BCUT2D eigenvalue weighted by atomic mass is 9.91. The Morgan fingerprint density at radius 2 is 2.20 bits per heavy atom. The van der Waals surface area contributed by atoms with Gasteiger partial charge in [0, 0.05) is 0 Å². The minimum atomic E-state index is -0.297. The first-order valence-corrected chi connectivity index (χ1v) is 5.77.